The molecule has 0 saturated carbocycles. The molecular weight excluding hydrogens is 344 g/mol. The molecule has 1 heterocycles. The Bertz CT molecular complexity index is 490. The number of rotatable bonds is 6. The second kappa shape index (κ2) is 6.53. The van der Waals surface area contributed by atoms with E-state index < -0.39 is 8.32 Å². The minimum Gasteiger partial charge on any atom is -0.417 e. The highest BCUT2D eigenvalue weighted by Crippen LogP contribution is 2.37. The van der Waals surface area contributed by atoms with E-state index in [1.807, 2.05) is 0 Å². The van der Waals surface area contributed by atoms with Gasteiger partial charge in [-0.15, -0.1) is 0 Å². The number of hydrogen-bond acceptors (Lipinski definition) is 2. The first-order valence-electron chi connectivity index (χ1n) is 7.75. The first-order chi connectivity index (χ1) is 9.72. The van der Waals surface area contributed by atoms with Crippen LogP contribution >= 0.6 is 15.9 Å². The smallest absolute Gasteiger partial charge is 0.191 e. The van der Waals surface area contributed by atoms with Gasteiger partial charge in [0.1, 0.15) is 6.10 Å². The molecule has 1 aliphatic heterocycles. The monoisotopic (exact) mass is 370 g/mol. The molecule has 1 saturated heterocycles. The molecule has 0 bridgehead atoms. The molecule has 1 aliphatic rings. The van der Waals surface area contributed by atoms with Gasteiger partial charge in [-0.2, -0.15) is 0 Å². The molecule has 118 valence electrons. The van der Waals surface area contributed by atoms with Gasteiger partial charge in [0.2, 0.25) is 0 Å². The van der Waals surface area contributed by atoms with E-state index in [2.05, 4.69) is 68.0 Å². The summed E-state index contributed by atoms with van der Waals surface area (Å²) >= 11 is 3.68. The molecule has 1 aromatic carbocycles. The van der Waals surface area contributed by atoms with Gasteiger partial charge in [-0.25, -0.2) is 0 Å². The number of benzene rings is 1. The first kappa shape index (κ1) is 17.2. The maximum absolute atomic E-state index is 6.26. The molecule has 2 nitrogen and oxygen atoms in total. The van der Waals surface area contributed by atoms with Crippen LogP contribution in [-0.2, 0) is 15.6 Å². The molecule has 2 rings (SSSR count). The van der Waals surface area contributed by atoms with Gasteiger partial charge in [-0.05, 0) is 48.2 Å². The highest BCUT2D eigenvalue weighted by Gasteiger charge is 2.36. The van der Waals surface area contributed by atoms with Crippen LogP contribution in [0.4, 0.5) is 0 Å². The van der Waals surface area contributed by atoms with Gasteiger partial charge in [0.25, 0.3) is 0 Å². The summed E-state index contributed by atoms with van der Waals surface area (Å²) < 4.78 is 12.9. The van der Waals surface area contributed by atoms with E-state index in [4.69, 9.17) is 9.16 Å². The van der Waals surface area contributed by atoms with Crippen molar-refractivity contribution in [2.24, 2.45) is 0 Å². The van der Waals surface area contributed by atoms with Crippen molar-refractivity contribution in [2.75, 3.05) is 13.2 Å². The summed E-state index contributed by atoms with van der Waals surface area (Å²) in [6, 6.07) is 6.40. The van der Waals surface area contributed by atoms with Crippen LogP contribution in [0, 0.1) is 0 Å². The zero-order valence-electron chi connectivity index (χ0n) is 13.8. The van der Waals surface area contributed by atoms with E-state index in [0.29, 0.717) is 6.10 Å². The SMILES string of the molecule is CC(C)(C)[Si](C)(C)OCCCc1c(Br)cccc1C1CO1. The predicted octanol–water partition coefficient (Wildman–Crippen LogP) is 5.47. The number of hydrogen-bond donors (Lipinski definition) is 0. The van der Waals surface area contributed by atoms with Crippen LogP contribution in [0.3, 0.4) is 0 Å². The molecule has 4 heteroatoms. The van der Waals surface area contributed by atoms with E-state index in [-0.39, 0.29) is 5.04 Å². The summed E-state index contributed by atoms with van der Waals surface area (Å²) in [6.45, 7) is 13.2. The molecule has 0 amide bonds. The average molecular weight is 371 g/mol. The summed E-state index contributed by atoms with van der Waals surface area (Å²) in [4.78, 5) is 0. The lowest BCUT2D eigenvalue weighted by Gasteiger charge is -2.36. The van der Waals surface area contributed by atoms with E-state index in [0.717, 1.165) is 26.1 Å². The van der Waals surface area contributed by atoms with Crippen molar-refractivity contribution in [2.45, 2.75) is 57.8 Å². The fourth-order valence-corrected chi connectivity index (χ4v) is 3.83. The molecule has 0 N–H and O–H groups in total. The van der Waals surface area contributed by atoms with Gasteiger partial charge >= 0.3 is 0 Å². The summed E-state index contributed by atoms with van der Waals surface area (Å²) in [5.74, 6) is 0. The summed E-state index contributed by atoms with van der Waals surface area (Å²) in [5.41, 5.74) is 2.73. The molecule has 1 fully saturated rings. The summed E-state index contributed by atoms with van der Waals surface area (Å²) in [7, 11) is -1.62. The van der Waals surface area contributed by atoms with Gasteiger partial charge in [-0.3, -0.25) is 0 Å². The van der Waals surface area contributed by atoms with Gasteiger partial charge in [0.15, 0.2) is 8.32 Å². The summed E-state index contributed by atoms with van der Waals surface area (Å²) in [5, 5.41) is 0.285. The van der Waals surface area contributed by atoms with Crippen molar-refractivity contribution in [3.8, 4) is 0 Å². The Balaban J connectivity index is 1.90. The lowest BCUT2D eigenvalue weighted by Crippen LogP contribution is -2.41. The Morgan fingerprint density at radius 3 is 2.57 bits per heavy atom. The van der Waals surface area contributed by atoms with Crippen molar-refractivity contribution in [1.82, 2.24) is 0 Å². The average Bonchev–Trinajstić information content (AvgIpc) is 3.18. The van der Waals surface area contributed by atoms with Crippen molar-refractivity contribution in [3.05, 3.63) is 33.8 Å². The third-order valence-corrected chi connectivity index (χ3v) is 9.96. The van der Waals surface area contributed by atoms with Crippen molar-refractivity contribution >= 4 is 24.2 Å². The van der Waals surface area contributed by atoms with E-state index in [1.54, 1.807) is 0 Å². The van der Waals surface area contributed by atoms with Crippen LogP contribution in [0.2, 0.25) is 18.1 Å². The molecular formula is C17H27BrO2Si. The number of halogens is 1. The van der Waals surface area contributed by atoms with Crippen LogP contribution in [-0.4, -0.2) is 21.5 Å². The standard InChI is InChI=1S/C17H27BrO2Si/c1-17(2,3)21(4,5)20-11-7-9-13-14(16-12-19-16)8-6-10-15(13)18/h6,8,10,16H,7,9,11-12H2,1-5H3. The topological polar surface area (TPSA) is 21.8 Å². The molecule has 21 heavy (non-hydrogen) atoms. The van der Waals surface area contributed by atoms with Crippen LogP contribution in [0.25, 0.3) is 0 Å². The van der Waals surface area contributed by atoms with Crippen molar-refractivity contribution in [1.29, 1.82) is 0 Å². The quantitative estimate of drug-likeness (QED) is 0.375. The fraction of sp³-hybridized carbons (Fsp3) is 0.647. The Kier molecular flexibility index (Phi) is 5.34. The zero-order chi connectivity index (χ0) is 15.7. The van der Waals surface area contributed by atoms with E-state index in [9.17, 15) is 0 Å². The number of ether oxygens (including phenoxy) is 1. The molecule has 0 radical (unpaired) electrons. The Hall–Kier alpha value is -0.163. The minimum absolute atomic E-state index is 0.285. The van der Waals surface area contributed by atoms with Gasteiger partial charge in [0, 0.05) is 11.1 Å². The molecule has 1 unspecified atom stereocenters. The zero-order valence-corrected chi connectivity index (χ0v) is 16.4. The van der Waals surface area contributed by atoms with Crippen LogP contribution < -0.4 is 0 Å². The van der Waals surface area contributed by atoms with Crippen LogP contribution in [0.5, 0.6) is 0 Å². The second-order valence-corrected chi connectivity index (χ2v) is 13.0. The van der Waals surface area contributed by atoms with E-state index in [1.165, 1.54) is 15.6 Å². The fourth-order valence-electron chi connectivity index (χ4n) is 2.16. The number of epoxide rings is 1. The molecule has 0 aliphatic carbocycles. The first-order valence-corrected chi connectivity index (χ1v) is 11.5. The van der Waals surface area contributed by atoms with Crippen LogP contribution in [0.15, 0.2) is 22.7 Å². The van der Waals surface area contributed by atoms with E-state index >= 15 is 0 Å². The molecule has 0 spiro atoms. The van der Waals surface area contributed by atoms with Gasteiger partial charge in [0.05, 0.1) is 6.61 Å². The molecule has 1 atom stereocenters. The highest BCUT2D eigenvalue weighted by molar-refractivity contribution is 9.10. The third-order valence-electron chi connectivity index (χ3n) is 4.68. The van der Waals surface area contributed by atoms with Crippen molar-refractivity contribution in [3.63, 3.8) is 0 Å². The Morgan fingerprint density at radius 1 is 1.33 bits per heavy atom. The largest absolute Gasteiger partial charge is 0.417 e. The predicted molar refractivity (Wildman–Crippen MR) is 94.3 cm³/mol. The lowest BCUT2D eigenvalue weighted by molar-refractivity contribution is 0.282. The molecule has 1 aromatic rings. The Labute approximate surface area is 138 Å². The maximum Gasteiger partial charge on any atom is 0.191 e. The minimum atomic E-state index is -1.62. The third kappa shape index (κ3) is 4.41. The van der Waals surface area contributed by atoms with Crippen LogP contribution in [0.1, 0.15) is 44.4 Å². The van der Waals surface area contributed by atoms with Gasteiger partial charge in [-0.1, -0.05) is 48.8 Å². The normalized spacial score (nSPS) is 18.9. The highest BCUT2D eigenvalue weighted by atomic mass is 79.9. The molecule has 0 aromatic heterocycles. The maximum atomic E-state index is 6.26. The lowest BCUT2D eigenvalue weighted by atomic mass is 10.0. The summed E-state index contributed by atoms with van der Waals surface area (Å²) in [6.07, 6.45) is 2.43. The second-order valence-electron chi connectivity index (χ2n) is 7.34. The van der Waals surface area contributed by atoms with Crippen molar-refractivity contribution < 1.29 is 9.16 Å². The Morgan fingerprint density at radius 2 is 2.00 bits per heavy atom. The van der Waals surface area contributed by atoms with Gasteiger partial charge < -0.3 is 9.16 Å².